The van der Waals surface area contributed by atoms with Gasteiger partial charge in [0.15, 0.2) is 9.84 Å². The van der Waals surface area contributed by atoms with Crippen LogP contribution in [0.25, 0.3) is 0 Å². The van der Waals surface area contributed by atoms with E-state index in [9.17, 15) is 13.2 Å². The molecule has 0 radical (unpaired) electrons. The van der Waals surface area contributed by atoms with Crippen LogP contribution in [0.4, 0.5) is 4.79 Å². The number of urea groups is 1. The van der Waals surface area contributed by atoms with Gasteiger partial charge in [-0.25, -0.2) is 13.2 Å². The zero-order valence-electron chi connectivity index (χ0n) is 15.3. The molecule has 1 aromatic rings. The number of nitrogens with zero attached hydrogens (tertiary/aromatic N) is 1. The van der Waals surface area contributed by atoms with Gasteiger partial charge in [-0.3, -0.25) is 0 Å². The van der Waals surface area contributed by atoms with Gasteiger partial charge in [0.1, 0.15) is 5.75 Å². The van der Waals surface area contributed by atoms with Crippen molar-refractivity contribution in [1.82, 2.24) is 10.2 Å². The smallest absolute Gasteiger partial charge is 0.317 e. The molecule has 6 nitrogen and oxygen atoms in total. The highest BCUT2D eigenvalue weighted by Crippen LogP contribution is 2.26. The molecular formula is C19H28N2O4S. The Morgan fingerprint density at radius 1 is 1.04 bits per heavy atom. The average molecular weight is 381 g/mol. The lowest BCUT2D eigenvalue weighted by atomic mass is 9.96. The fourth-order valence-electron chi connectivity index (χ4n) is 3.84. The van der Waals surface area contributed by atoms with Crippen molar-refractivity contribution in [3.05, 3.63) is 24.3 Å². The molecule has 1 saturated heterocycles. The van der Waals surface area contributed by atoms with Gasteiger partial charge in [0.05, 0.1) is 17.3 Å². The minimum atomic E-state index is -3.38. The molecule has 1 heterocycles. The van der Waals surface area contributed by atoms with E-state index in [4.69, 9.17) is 4.74 Å². The summed E-state index contributed by atoms with van der Waals surface area (Å²) in [6.45, 7) is 0.969. The summed E-state index contributed by atoms with van der Waals surface area (Å²) >= 11 is 0. The molecule has 2 fully saturated rings. The van der Waals surface area contributed by atoms with E-state index in [1.54, 1.807) is 36.3 Å². The van der Waals surface area contributed by atoms with Gasteiger partial charge < -0.3 is 15.0 Å². The molecule has 0 spiro atoms. The van der Waals surface area contributed by atoms with Gasteiger partial charge in [-0.2, -0.15) is 0 Å². The van der Waals surface area contributed by atoms with Crippen LogP contribution < -0.4 is 10.1 Å². The average Bonchev–Trinajstić information content (AvgIpc) is 2.69. The largest absolute Gasteiger partial charge is 0.497 e. The Kier molecular flexibility index (Phi) is 6.06. The fraction of sp³-hybridized carbons (Fsp3) is 0.632. The molecule has 0 bridgehead atoms. The number of rotatable bonds is 4. The van der Waals surface area contributed by atoms with Crippen LogP contribution in [0.3, 0.4) is 0 Å². The summed E-state index contributed by atoms with van der Waals surface area (Å²) in [5, 5.41) is 2.67. The highest BCUT2D eigenvalue weighted by molar-refractivity contribution is 7.92. The van der Waals surface area contributed by atoms with Crippen LogP contribution in [0.2, 0.25) is 0 Å². The third kappa shape index (κ3) is 4.31. The van der Waals surface area contributed by atoms with Crippen molar-refractivity contribution in [3.8, 4) is 5.75 Å². The predicted molar refractivity (Wildman–Crippen MR) is 100 cm³/mol. The number of methoxy groups -OCH3 is 1. The van der Waals surface area contributed by atoms with Crippen molar-refractivity contribution in [2.45, 2.75) is 61.1 Å². The first-order valence-electron chi connectivity index (χ1n) is 9.44. The number of nitrogens with one attached hydrogen (secondary N) is 1. The number of carbonyl (C=O) groups excluding carboxylic acids is 1. The molecule has 1 aromatic carbocycles. The minimum absolute atomic E-state index is 0.0443. The Bertz CT molecular complexity index is 704. The van der Waals surface area contributed by atoms with Crippen molar-refractivity contribution < 1.29 is 17.9 Å². The third-order valence-electron chi connectivity index (χ3n) is 5.49. The highest BCUT2D eigenvalue weighted by atomic mass is 32.2. The maximum absolute atomic E-state index is 12.8. The first-order valence-corrected chi connectivity index (χ1v) is 11.0. The number of hydrogen-bond acceptors (Lipinski definition) is 4. The monoisotopic (exact) mass is 380 g/mol. The molecular weight excluding hydrogens is 352 g/mol. The Morgan fingerprint density at radius 3 is 2.23 bits per heavy atom. The van der Waals surface area contributed by atoms with Crippen LogP contribution in [-0.4, -0.2) is 50.8 Å². The van der Waals surface area contributed by atoms with Crippen molar-refractivity contribution in [2.75, 3.05) is 20.2 Å². The lowest BCUT2D eigenvalue weighted by molar-refractivity contribution is 0.179. The third-order valence-corrected chi connectivity index (χ3v) is 7.77. The van der Waals surface area contributed by atoms with E-state index >= 15 is 0 Å². The van der Waals surface area contributed by atoms with E-state index in [0.717, 1.165) is 12.8 Å². The van der Waals surface area contributed by atoms with Crippen molar-refractivity contribution in [2.24, 2.45) is 0 Å². The predicted octanol–water partition coefficient (Wildman–Crippen LogP) is 2.98. The molecule has 3 rings (SSSR count). The summed E-state index contributed by atoms with van der Waals surface area (Å²) in [4.78, 5) is 14.5. The fourth-order valence-corrected chi connectivity index (χ4v) is 5.57. The van der Waals surface area contributed by atoms with Crippen molar-refractivity contribution in [1.29, 1.82) is 0 Å². The molecule has 7 heteroatoms. The molecule has 26 heavy (non-hydrogen) atoms. The number of hydrogen-bond donors (Lipinski definition) is 1. The normalized spacial score (nSPS) is 20.0. The molecule has 144 valence electrons. The molecule has 2 amide bonds. The molecule has 1 saturated carbocycles. The molecule has 0 unspecified atom stereocenters. The van der Waals surface area contributed by atoms with Gasteiger partial charge >= 0.3 is 6.03 Å². The summed E-state index contributed by atoms with van der Waals surface area (Å²) in [6.07, 6.45) is 6.66. The second-order valence-corrected chi connectivity index (χ2v) is 9.42. The summed E-state index contributed by atoms with van der Waals surface area (Å²) in [5.74, 6) is 0.637. The number of carbonyl (C=O) groups is 1. The van der Waals surface area contributed by atoms with Crippen LogP contribution in [-0.2, 0) is 9.84 Å². The van der Waals surface area contributed by atoms with E-state index in [2.05, 4.69) is 5.32 Å². The number of sulfone groups is 1. The number of piperidine rings is 1. The Labute approximate surface area is 155 Å². The second-order valence-electron chi connectivity index (χ2n) is 7.19. The quantitative estimate of drug-likeness (QED) is 0.871. The zero-order chi connectivity index (χ0) is 18.6. The SMILES string of the molecule is COc1ccc(S(=O)(=O)C2CCN(C(=O)NC3CCCCC3)CC2)cc1. The summed E-state index contributed by atoms with van der Waals surface area (Å²) in [5.41, 5.74) is 0. The van der Waals surface area contributed by atoms with Gasteiger partial charge in [-0.05, 0) is 49.9 Å². The van der Waals surface area contributed by atoms with E-state index in [1.807, 2.05) is 0 Å². The molecule has 1 N–H and O–H groups in total. The number of benzene rings is 1. The number of ether oxygens (including phenoxy) is 1. The summed E-state index contributed by atoms with van der Waals surface area (Å²) in [6, 6.07) is 6.75. The second kappa shape index (κ2) is 8.29. The molecule has 2 aliphatic rings. The highest BCUT2D eigenvalue weighted by Gasteiger charge is 2.33. The van der Waals surface area contributed by atoms with Crippen LogP contribution in [0.1, 0.15) is 44.9 Å². The van der Waals surface area contributed by atoms with E-state index in [-0.39, 0.29) is 12.1 Å². The lowest BCUT2D eigenvalue weighted by Gasteiger charge is -2.33. The summed E-state index contributed by atoms with van der Waals surface area (Å²) in [7, 11) is -1.82. The van der Waals surface area contributed by atoms with Crippen LogP contribution in [0.5, 0.6) is 5.75 Å². The van der Waals surface area contributed by atoms with Crippen LogP contribution in [0, 0.1) is 0 Å². The molecule has 0 atom stereocenters. The van der Waals surface area contributed by atoms with Crippen molar-refractivity contribution >= 4 is 15.9 Å². The topological polar surface area (TPSA) is 75.7 Å². The number of amides is 2. The Balaban J connectivity index is 1.55. The Hall–Kier alpha value is -1.76. The first kappa shape index (κ1) is 19.0. The maximum atomic E-state index is 12.8. The standard InChI is InChI=1S/C19H28N2O4S/c1-25-16-7-9-17(10-8-16)26(23,24)18-11-13-21(14-12-18)19(22)20-15-5-3-2-4-6-15/h7-10,15,18H,2-6,11-14H2,1H3,(H,20,22). The van der Waals surface area contributed by atoms with Gasteiger partial charge in [0.25, 0.3) is 0 Å². The van der Waals surface area contributed by atoms with Gasteiger partial charge in [-0.1, -0.05) is 19.3 Å². The first-order chi connectivity index (χ1) is 12.5. The summed E-state index contributed by atoms with van der Waals surface area (Å²) < 4.78 is 30.7. The zero-order valence-corrected chi connectivity index (χ0v) is 16.1. The van der Waals surface area contributed by atoms with Crippen molar-refractivity contribution in [3.63, 3.8) is 0 Å². The lowest BCUT2D eigenvalue weighted by Crippen LogP contribution is -2.49. The number of likely N-dealkylation sites (tertiary alicyclic amines) is 1. The molecule has 1 aliphatic carbocycles. The molecule has 0 aromatic heterocycles. The van der Waals surface area contributed by atoms with Crippen LogP contribution in [0.15, 0.2) is 29.2 Å². The maximum Gasteiger partial charge on any atom is 0.317 e. The van der Waals surface area contributed by atoms with Gasteiger partial charge in [0.2, 0.25) is 0 Å². The Morgan fingerprint density at radius 2 is 1.65 bits per heavy atom. The van der Waals surface area contributed by atoms with E-state index < -0.39 is 15.1 Å². The van der Waals surface area contributed by atoms with Gasteiger partial charge in [-0.15, -0.1) is 0 Å². The molecule has 1 aliphatic heterocycles. The minimum Gasteiger partial charge on any atom is -0.497 e. The van der Waals surface area contributed by atoms with E-state index in [1.165, 1.54) is 19.3 Å². The van der Waals surface area contributed by atoms with Gasteiger partial charge in [0, 0.05) is 19.1 Å². The van der Waals surface area contributed by atoms with E-state index in [0.29, 0.717) is 36.6 Å². The van der Waals surface area contributed by atoms with Crippen LogP contribution >= 0.6 is 0 Å².